The van der Waals surface area contributed by atoms with E-state index >= 15 is 0 Å². The molecule has 0 amide bonds. The predicted octanol–water partition coefficient (Wildman–Crippen LogP) is 16.3. The molecule has 0 aliphatic carbocycles. The minimum atomic E-state index is -0.760. The number of carbonyl (C=O) groups excluding carboxylic acids is 3. The predicted molar refractivity (Wildman–Crippen MR) is 243 cm³/mol. The lowest BCUT2D eigenvalue weighted by Gasteiger charge is -2.18. The van der Waals surface area contributed by atoms with Gasteiger partial charge in [-0.2, -0.15) is 0 Å². The molecule has 0 saturated carbocycles. The van der Waals surface area contributed by atoms with Crippen molar-refractivity contribution in [1.29, 1.82) is 0 Å². The minimum Gasteiger partial charge on any atom is -0.462 e. The number of ether oxygens (including phenoxy) is 3. The number of esters is 3. The molecule has 0 aromatic heterocycles. The van der Waals surface area contributed by atoms with E-state index in [9.17, 15) is 14.4 Å². The molecule has 0 bridgehead atoms. The molecule has 0 heterocycles. The van der Waals surface area contributed by atoms with E-state index in [1.165, 1.54) is 180 Å². The first kappa shape index (κ1) is 55.4. The summed E-state index contributed by atoms with van der Waals surface area (Å²) < 4.78 is 16.8. The van der Waals surface area contributed by atoms with Gasteiger partial charge >= 0.3 is 17.9 Å². The zero-order valence-corrected chi connectivity index (χ0v) is 38.8. The van der Waals surface area contributed by atoms with Gasteiger partial charge in [-0.1, -0.05) is 246 Å². The molecule has 0 aromatic carbocycles. The van der Waals surface area contributed by atoms with Gasteiger partial charge in [0.25, 0.3) is 0 Å². The first-order valence-corrected chi connectivity index (χ1v) is 25.4. The van der Waals surface area contributed by atoms with Gasteiger partial charge in [-0.3, -0.25) is 14.4 Å². The minimum absolute atomic E-state index is 0.0631. The maximum absolute atomic E-state index is 12.8. The molecule has 6 nitrogen and oxygen atoms in total. The third kappa shape index (κ3) is 45.3. The van der Waals surface area contributed by atoms with Crippen molar-refractivity contribution in [3.05, 3.63) is 0 Å². The lowest BCUT2D eigenvalue weighted by molar-refractivity contribution is -0.167. The van der Waals surface area contributed by atoms with E-state index < -0.39 is 6.10 Å². The van der Waals surface area contributed by atoms with Crippen molar-refractivity contribution in [3.8, 4) is 0 Å². The normalized spacial score (nSPS) is 11.9. The topological polar surface area (TPSA) is 78.9 Å². The summed E-state index contributed by atoms with van der Waals surface area (Å²) >= 11 is 0. The van der Waals surface area contributed by atoms with Crippen LogP contribution in [0.15, 0.2) is 0 Å². The van der Waals surface area contributed by atoms with Crippen LogP contribution in [0.3, 0.4) is 0 Å². The van der Waals surface area contributed by atoms with Crippen molar-refractivity contribution in [2.75, 3.05) is 13.2 Å². The number of carbonyl (C=O) groups is 3. The number of unbranched alkanes of at least 4 members (excludes halogenated alkanes) is 33. The van der Waals surface area contributed by atoms with E-state index in [2.05, 4.69) is 27.7 Å². The smallest absolute Gasteiger partial charge is 0.306 e. The van der Waals surface area contributed by atoms with Crippen LogP contribution in [0.1, 0.15) is 285 Å². The number of hydrogen-bond donors (Lipinski definition) is 0. The van der Waals surface area contributed by atoms with Crippen molar-refractivity contribution in [2.45, 2.75) is 291 Å². The van der Waals surface area contributed by atoms with Crippen LogP contribution in [-0.4, -0.2) is 37.2 Å². The van der Waals surface area contributed by atoms with E-state index in [0.717, 1.165) is 63.7 Å². The van der Waals surface area contributed by atoms with Crippen molar-refractivity contribution < 1.29 is 28.6 Å². The molecule has 0 aliphatic rings. The second kappa shape index (κ2) is 45.5. The van der Waals surface area contributed by atoms with Gasteiger partial charge in [0.15, 0.2) is 6.10 Å². The molecule has 0 spiro atoms. The third-order valence-electron chi connectivity index (χ3n) is 11.5. The highest BCUT2D eigenvalue weighted by Gasteiger charge is 2.19. The standard InChI is InChI=1S/C51H98O6/c1-5-7-9-11-13-15-17-18-19-20-23-28-32-36-40-44-51(54)57-48(45-55-49(52)42-38-34-30-26-16-14-12-10-8-6-2)46-56-50(53)43-39-35-31-27-24-21-22-25-29-33-37-41-47(3)4/h47-48H,5-46H2,1-4H3/t48-/m1/s1. The summed E-state index contributed by atoms with van der Waals surface area (Å²) in [5, 5.41) is 0. The molecule has 0 saturated heterocycles. The summed E-state index contributed by atoms with van der Waals surface area (Å²) in [6.45, 7) is 9.01. The Bertz CT molecular complexity index is 857. The summed E-state index contributed by atoms with van der Waals surface area (Å²) in [7, 11) is 0. The zero-order chi connectivity index (χ0) is 41.7. The van der Waals surface area contributed by atoms with Crippen LogP contribution in [0, 0.1) is 5.92 Å². The molecule has 6 heteroatoms. The fourth-order valence-corrected chi connectivity index (χ4v) is 7.69. The molecule has 0 fully saturated rings. The van der Waals surface area contributed by atoms with Gasteiger partial charge in [-0.25, -0.2) is 0 Å². The van der Waals surface area contributed by atoms with Crippen LogP contribution >= 0.6 is 0 Å². The molecule has 0 N–H and O–H groups in total. The Morgan fingerprint density at radius 1 is 0.333 bits per heavy atom. The van der Waals surface area contributed by atoms with Gasteiger partial charge in [-0.05, 0) is 25.2 Å². The first-order chi connectivity index (χ1) is 27.9. The van der Waals surface area contributed by atoms with E-state index in [4.69, 9.17) is 14.2 Å². The highest BCUT2D eigenvalue weighted by Crippen LogP contribution is 2.17. The third-order valence-corrected chi connectivity index (χ3v) is 11.5. The van der Waals surface area contributed by atoms with E-state index in [1.807, 2.05) is 0 Å². The van der Waals surface area contributed by atoms with Crippen molar-refractivity contribution in [1.82, 2.24) is 0 Å². The van der Waals surface area contributed by atoms with Gasteiger partial charge in [0, 0.05) is 19.3 Å². The van der Waals surface area contributed by atoms with E-state index in [1.54, 1.807) is 0 Å². The maximum Gasteiger partial charge on any atom is 0.306 e. The summed E-state index contributed by atoms with van der Waals surface area (Å²) in [4.78, 5) is 37.9. The fourth-order valence-electron chi connectivity index (χ4n) is 7.69. The average Bonchev–Trinajstić information content (AvgIpc) is 3.19. The molecule has 0 rings (SSSR count). The molecule has 0 aromatic rings. The highest BCUT2D eigenvalue weighted by molar-refractivity contribution is 5.71. The van der Waals surface area contributed by atoms with Gasteiger partial charge in [0.1, 0.15) is 13.2 Å². The molecular weight excluding hydrogens is 709 g/mol. The Hall–Kier alpha value is -1.59. The van der Waals surface area contributed by atoms with Crippen molar-refractivity contribution in [3.63, 3.8) is 0 Å². The summed E-state index contributed by atoms with van der Waals surface area (Å²) in [5.41, 5.74) is 0. The summed E-state index contributed by atoms with van der Waals surface area (Å²) in [5.74, 6) is -0.0201. The van der Waals surface area contributed by atoms with E-state index in [-0.39, 0.29) is 31.1 Å². The van der Waals surface area contributed by atoms with Crippen molar-refractivity contribution >= 4 is 17.9 Å². The lowest BCUT2D eigenvalue weighted by atomic mass is 10.0. The summed E-state index contributed by atoms with van der Waals surface area (Å²) in [6, 6.07) is 0. The largest absolute Gasteiger partial charge is 0.462 e. The molecular formula is C51H98O6. The Morgan fingerprint density at radius 3 is 0.860 bits per heavy atom. The van der Waals surface area contributed by atoms with Gasteiger partial charge in [-0.15, -0.1) is 0 Å². The molecule has 1 atom stereocenters. The van der Waals surface area contributed by atoms with Gasteiger partial charge in [0.2, 0.25) is 0 Å². The van der Waals surface area contributed by atoms with Gasteiger partial charge in [0.05, 0.1) is 0 Å². The second-order valence-corrected chi connectivity index (χ2v) is 17.9. The SMILES string of the molecule is CCCCCCCCCCCCCCCCCC(=O)O[C@H](COC(=O)CCCCCCCCCCCC)COC(=O)CCCCCCCCCCCCCC(C)C. The van der Waals surface area contributed by atoms with Gasteiger partial charge < -0.3 is 14.2 Å². The van der Waals surface area contributed by atoms with Crippen LogP contribution in [0.5, 0.6) is 0 Å². The summed E-state index contributed by atoms with van der Waals surface area (Å²) in [6.07, 6.45) is 46.5. The monoisotopic (exact) mass is 807 g/mol. The van der Waals surface area contributed by atoms with Crippen LogP contribution < -0.4 is 0 Å². The molecule has 0 radical (unpaired) electrons. The Labute approximate surface area is 355 Å². The maximum atomic E-state index is 12.8. The van der Waals surface area contributed by atoms with Crippen LogP contribution in [-0.2, 0) is 28.6 Å². The fraction of sp³-hybridized carbons (Fsp3) is 0.941. The zero-order valence-electron chi connectivity index (χ0n) is 38.8. The Balaban J connectivity index is 4.29. The Morgan fingerprint density at radius 2 is 0.579 bits per heavy atom. The first-order valence-electron chi connectivity index (χ1n) is 25.4. The van der Waals surface area contributed by atoms with Crippen LogP contribution in [0.4, 0.5) is 0 Å². The van der Waals surface area contributed by atoms with E-state index in [0.29, 0.717) is 19.3 Å². The average molecular weight is 807 g/mol. The number of hydrogen-bond acceptors (Lipinski definition) is 6. The Kier molecular flexibility index (Phi) is 44.2. The quantitative estimate of drug-likeness (QED) is 0.0346. The van der Waals surface area contributed by atoms with Crippen molar-refractivity contribution in [2.24, 2.45) is 5.92 Å². The second-order valence-electron chi connectivity index (χ2n) is 17.9. The lowest BCUT2D eigenvalue weighted by Crippen LogP contribution is -2.30. The number of rotatable bonds is 46. The molecule has 57 heavy (non-hydrogen) atoms. The molecule has 0 aliphatic heterocycles. The van der Waals surface area contributed by atoms with Crippen LogP contribution in [0.2, 0.25) is 0 Å². The highest BCUT2D eigenvalue weighted by atomic mass is 16.6. The molecule has 338 valence electrons. The van der Waals surface area contributed by atoms with Crippen LogP contribution in [0.25, 0.3) is 0 Å². The molecule has 0 unspecified atom stereocenters.